The second-order valence-electron chi connectivity index (χ2n) is 4.38. The van der Waals surface area contributed by atoms with E-state index in [-0.39, 0.29) is 12.2 Å². The van der Waals surface area contributed by atoms with Crippen LogP contribution in [0.4, 0.5) is 8.78 Å². The molecule has 0 atom stereocenters. The van der Waals surface area contributed by atoms with E-state index in [2.05, 4.69) is 25.4 Å². The Kier molecular flexibility index (Phi) is 4.33. The Labute approximate surface area is 133 Å². The number of carbonyl (C=O) groups is 1. The molecule has 3 aromatic heterocycles. The molecule has 1 N–H and O–H groups in total. The van der Waals surface area contributed by atoms with Crippen molar-refractivity contribution in [2.75, 3.05) is 0 Å². The molecule has 0 aliphatic carbocycles. The molecule has 3 rings (SSSR count). The second-order valence-corrected chi connectivity index (χ2v) is 5.23. The molecule has 0 radical (unpaired) electrons. The van der Waals surface area contributed by atoms with Crippen molar-refractivity contribution in [3.05, 3.63) is 47.6 Å². The number of hydrogen-bond donors (Lipinski definition) is 1. The number of hydrogen-bond acceptors (Lipinski definition) is 6. The van der Waals surface area contributed by atoms with Crippen LogP contribution in [0.25, 0.3) is 10.7 Å². The van der Waals surface area contributed by atoms with Gasteiger partial charge in [0.2, 0.25) is 0 Å². The number of carbonyl (C=O) groups excluding carboxylic acids is 1. The first-order chi connectivity index (χ1) is 11.1. The third kappa shape index (κ3) is 3.54. The lowest BCUT2D eigenvalue weighted by Gasteiger charge is -2.00. The molecule has 3 heterocycles. The summed E-state index contributed by atoms with van der Waals surface area (Å²) in [7, 11) is 0. The smallest absolute Gasteiger partial charge is 0.333 e. The topological polar surface area (TPSA) is 85.6 Å². The van der Waals surface area contributed by atoms with Gasteiger partial charge >= 0.3 is 6.55 Å². The first-order valence-electron chi connectivity index (χ1n) is 6.46. The maximum Gasteiger partial charge on any atom is 0.333 e. The van der Waals surface area contributed by atoms with Crippen LogP contribution in [-0.2, 0) is 6.54 Å². The monoisotopic (exact) mass is 336 g/mol. The summed E-state index contributed by atoms with van der Waals surface area (Å²) < 4.78 is 25.2. The molecule has 0 saturated carbocycles. The highest BCUT2D eigenvalue weighted by molar-refractivity contribution is 7.13. The van der Waals surface area contributed by atoms with Crippen molar-refractivity contribution >= 4 is 17.2 Å². The highest BCUT2D eigenvalue weighted by atomic mass is 32.1. The van der Waals surface area contributed by atoms with Gasteiger partial charge in [0.15, 0.2) is 0 Å². The fourth-order valence-corrected chi connectivity index (χ4v) is 2.52. The highest BCUT2D eigenvalue weighted by Crippen LogP contribution is 2.20. The largest absolute Gasteiger partial charge is 0.345 e. The molecule has 0 aliphatic heterocycles. The van der Waals surface area contributed by atoms with E-state index in [9.17, 15) is 13.6 Å². The summed E-state index contributed by atoms with van der Waals surface area (Å²) in [6.45, 7) is -2.61. The fraction of sp³-hybridized carbons (Fsp3) is 0.154. The summed E-state index contributed by atoms with van der Waals surface area (Å²) >= 11 is 1.37. The van der Waals surface area contributed by atoms with Crippen LogP contribution in [0, 0.1) is 0 Å². The van der Waals surface area contributed by atoms with Crippen LogP contribution in [0.15, 0.2) is 36.2 Å². The average Bonchev–Trinajstić information content (AvgIpc) is 3.23. The zero-order chi connectivity index (χ0) is 16.2. The normalized spacial score (nSPS) is 10.9. The van der Waals surface area contributed by atoms with E-state index >= 15 is 0 Å². The standard InChI is InChI=1S/C13H10F2N6OS/c14-13(15)21-4-1-9(20-21)11(22)18-5-8-7-23-12(19-8)10-6-16-2-3-17-10/h1-4,6-7,13H,5H2,(H,18,22). The predicted octanol–water partition coefficient (Wildman–Crippen LogP) is 2.12. The number of aromatic nitrogens is 5. The number of amides is 1. The summed E-state index contributed by atoms with van der Waals surface area (Å²) in [5.41, 5.74) is 1.21. The minimum absolute atomic E-state index is 0.0744. The minimum Gasteiger partial charge on any atom is -0.345 e. The Morgan fingerprint density at radius 1 is 1.39 bits per heavy atom. The zero-order valence-electron chi connectivity index (χ0n) is 11.6. The summed E-state index contributed by atoms with van der Waals surface area (Å²) in [4.78, 5) is 24.3. The number of nitrogens with zero attached hydrogens (tertiary/aromatic N) is 5. The molecule has 118 valence electrons. The molecule has 0 bridgehead atoms. The number of thiazole rings is 1. The van der Waals surface area contributed by atoms with Gasteiger partial charge in [-0.25, -0.2) is 9.67 Å². The van der Waals surface area contributed by atoms with E-state index in [1.54, 1.807) is 24.0 Å². The van der Waals surface area contributed by atoms with Crippen LogP contribution in [0.3, 0.4) is 0 Å². The van der Waals surface area contributed by atoms with Crippen LogP contribution in [0.1, 0.15) is 22.7 Å². The average molecular weight is 336 g/mol. The molecule has 1 amide bonds. The molecule has 0 aliphatic rings. The molecule has 0 unspecified atom stereocenters. The minimum atomic E-state index is -2.77. The van der Waals surface area contributed by atoms with Crippen molar-refractivity contribution in [2.45, 2.75) is 13.1 Å². The van der Waals surface area contributed by atoms with Gasteiger partial charge in [0.05, 0.1) is 18.4 Å². The van der Waals surface area contributed by atoms with Gasteiger partial charge in [-0.15, -0.1) is 11.3 Å². The Bertz CT molecular complexity index is 804. The van der Waals surface area contributed by atoms with Crippen LogP contribution in [0.2, 0.25) is 0 Å². The molecule has 0 saturated heterocycles. The molecule has 0 fully saturated rings. The van der Waals surface area contributed by atoms with Crippen molar-refractivity contribution in [1.29, 1.82) is 0 Å². The second kappa shape index (κ2) is 6.57. The molecular weight excluding hydrogens is 326 g/mol. The number of rotatable bonds is 5. The summed E-state index contributed by atoms with van der Waals surface area (Å²) in [6.07, 6.45) is 5.78. The molecule has 0 spiro atoms. The van der Waals surface area contributed by atoms with Gasteiger partial charge in [0.25, 0.3) is 5.91 Å². The van der Waals surface area contributed by atoms with Crippen LogP contribution in [-0.4, -0.2) is 30.6 Å². The Balaban J connectivity index is 1.62. The van der Waals surface area contributed by atoms with E-state index in [0.717, 1.165) is 6.20 Å². The van der Waals surface area contributed by atoms with Crippen LogP contribution >= 0.6 is 11.3 Å². The van der Waals surface area contributed by atoms with Crippen LogP contribution < -0.4 is 5.32 Å². The maximum atomic E-state index is 12.4. The number of halogens is 2. The highest BCUT2D eigenvalue weighted by Gasteiger charge is 2.14. The number of nitrogens with one attached hydrogen (secondary N) is 1. The van der Waals surface area contributed by atoms with E-state index in [1.807, 2.05) is 0 Å². The van der Waals surface area contributed by atoms with Gasteiger partial charge in [0.1, 0.15) is 16.4 Å². The summed E-state index contributed by atoms with van der Waals surface area (Å²) in [5.74, 6) is -0.543. The van der Waals surface area contributed by atoms with Gasteiger partial charge in [-0.3, -0.25) is 14.8 Å². The van der Waals surface area contributed by atoms with Crippen molar-refractivity contribution in [3.8, 4) is 10.7 Å². The third-order valence-electron chi connectivity index (χ3n) is 2.81. The van der Waals surface area contributed by atoms with Gasteiger partial charge in [0, 0.05) is 24.0 Å². The van der Waals surface area contributed by atoms with Crippen molar-refractivity contribution in [1.82, 2.24) is 30.0 Å². The van der Waals surface area contributed by atoms with Crippen molar-refractivity contribution in [3.63, 3.8) is 0 Å². The van der Waals surface area contributed by atoms with E-state index in [0.29, 0.717) is 21.1 Å². The van der Waals surface area contributed by atoms with Crippen molar-refractivity contribution < 1.29 is 13.6 Å². The molecule has 10 heteroatoms. The Morgan fingerprint density at radius 2 is 2.26 bits per heavy atom. The fourth-order valence-electron chi connectivity index (χ4n) is 1.74. The van der Waals surface area contributed by atoms with Crippen molar-refractivity contribution in [2.24, 2.45) is 0 Å². The van der Waals surface area contributed by atoms with E-state index in [4.69, 9.17) is 0 Å². The Hall–Kier alpha value is -2.75. The molecule has 0 aromatic carbocycles. The molecule has 3 aromatic rings. The Morgan fingerprint density at radius 3 is 2.96 bits per heavy atom. The van der Waals surface area contributed by atoms with E-state index < -0.39 is 12.5 Å². The number of alkyl halides is 2. The summed E-state index contributed by atoms with van der Waals surface area (Å²) in [6, 6.07) is 1.23. The quantitative estimate of drug-likeness (QED) is 0.771. The maximum absolute atomic E-state index is 12.4. The summed E-state index contributed by atoms with van der Waals surface area (Å²) in [5, 5.41) is 8.54. The lowest BCUT2D eigenvalue weighted by molar-refractivity contribution is 0.0560. The molecule has 7 nitrogen and oxygen atoms in total. The zero-order valence-corrected chi connectivity index (χ0v) is 12.4. The van der Waals surface area contributed by atoms with Gasteiger partial charge < -0.3 is 5.32 Å². The van der Waals surface area contributed by atoms with Crippen LogP contribution in [0.5, 0.6) is 0 Å². The molecular formula is C13H10F2N6OS. The first-order valence-corrected chi connectivity index (χ1v) is 7.34. The van der Waals surface area contributed by atoms with Gasteiger partial charge in [-0.2, -0.15) is 13.9 Å². The first kappa shape index (κ1) is 15.2. The predicted molar refractivity (Wildman–Crippen MR) is 77.8 cm³/mol. The van der Waals surface area contributed by atoms with Gasteiger partial charge in [-0.05, 0) is 6.07 Å². The van der Waals surface area contributed by atoms with Gasteiger partial charge in [-0.1, -0.05) is 0 Å². The third-order valence-corrected chi connectivity index (χ3v) is 3.72. The van der Waals surface area contributed by atoms with E-state index in [1.165, 1.54) is 17.4 Å². The lowest BCUT2D eigenvalue weighted by atomic mass is 10.4. The lowest BCUT2D eigenvalue weighted by Crippen LogP contribution is -2.23. The SMILES string of the molecule is O=C(NCc1csc(-c2cnccn2)n1)c1ccn(C(F)F)n1. The molecule has 23 heavy (non-hydrogen) atoms.